The van der Waals surface area contributed by atoms with Crippen molar-refractivity contribution < 1.29 is 0 Å². The van der Waals surface area contributed by atoms with E-state index in [1.165, 1.54) is 0 Å². The third kappa shape index (κ3) is 1.84. The summed E-state index contributed by atoms with van der Waals surface area (Å²) in [7, 11) is 0. The molecular formula is C15H20N2. The van der Waals surface area contributed by atoms with Gasteiger partial charge in [0.05, 0.1) is 0 Å². The summed E-state index contributed by atoms with van der Waals surface area (Å²) < 4.78 is 2.23. The molecule has 0 spiro atoms. The van der Waals surface area contributed by atoms with Crippen molar-refractivity contribution in [2.45, 2.75) is 32.7 Å². The Bertz CT molecular complexity index is 637. The molecule has 0 aliphatic rings. The summed E-state index contributed by atoms with van der Waals surface area (Å²) in [5.74, 6) is 0. The van der Waals surface area contributed by atoms with Gasteiger partial charge in [0, 0.05) is 33.2 Å². The van der Waals surface area contributed by atoms with E-state index < -0.39 is 0 Å². The number of benzene rings is 1. The predicted molar refractivity (Wildman–Crippen MR) is 76.3 cm³/mol. The van der Waals surface area contributed by atoms with Gasteiger partial charge in [0.1, 0.15) is 0 Å². The van der Waals surface area contributed by atoms with Crippen LogP contribution in [0.1, 0.15) is 32.7 Å². The Morgan fingerprint density at radius 2 is 1.88 bits per heavy atom. The molecule has 0 amide bonds. The van der Waals surface area contributed by atoms with Gasteiger partial charge >= 0.3 is 0 Å². The molecule has 90 valence electrons. The molecule has 0 bridgehead atoms. The number of aromatic nitrogens is 1. The number of hydrogen-bond acceptors (Lipinski definition) is 1. The van der Waals surface area contributed by atoms with Crippen molar-refractivity contribution >= 4 is 29.6 Å². The van der Waals surface area contributed by atoms with Crippen molar-refractivity contribution in [3.8, 4) is 0 Å². The number of hydrogen-bond donors (Lipinski definition) is 1. The van der Waals surface area contributed by atoms with Gasteiger partial charge in [-0.25, -0.2) is 0 Å². The maximum atomic E-state index is 5.83. The Morgan fingerprint density at radius 1 is 1.24 bits per heavy atom. The van der Waals surface area contributed by atoms with E-state index >= 15 is 0 Å². The van der Waals surface area contributed by atoms with Crippen LogP contribution < -0.4 is 16.4 Å². The minimum Gasteiger partial charge on any atom is -0.399 e. The first-order valence-electron chi connectivity index (χ1n) is 6.13. The van der Waals surface area contributed by atoms with Crippen molar-refractivity contribution in [3.63, 3.8) is 0 Å². The van der Waals surface area contributed by atoms with Crippen LogP contribution in [0.5, 0.6) is 0 Å². The third-order valence-electron chi connectivity index (χ3n) is 3.39. The van der Waals surface area contributed by atoms with E-state index in [9.17, 15) is 0 Å². The highest BCUT2D eigenvalue weighted by molar-refractivity contribution is 5.86. The molecule has 0 saturated heterocycles. The molecule has 2 aromatic rings. The van der Waals surface area contributed by atoms with Crippen LogP contribution in [-0.4, -0.2) is 4.57 Å². The van der Waals surface area contributed by atoms with E-state index in [1.54, 1.807) is 0 Å². The van der Waals surface area contributed by atoms with Crippen molar-refractivity contribution in [3.05, 3.63) is 28.9 Å². The SMILES string of the molecule is C=c1c2ccc(N)cc2c(=C)n1C(C)CCC. The molecule has 0 aliphatic heterocycles. The average molecular weight is 228 g/mol. The summed E-state index contributed by atoms with van der Waals surface area (Å²) in [6.07, 6.45) is 2.30. The molecule has 2 nitrogen and oxygen atoms in total. The topological polar surface area (TPSA) is 30.9 Å². The molecule has 2 heteroatoms. The van der Waals surface area contributed by atoms with Gasteiger partial charge < -0.3 is 10.3 Å². The zero-order chi connectivity index (χ0) is 12.6. The van der Waals surface area contributed by atoms with E-state index in [0.717, 1.165) is 40.0 Å². The molecular weight excluding hydrogens is 208 g/mol. The van der Waals surface area contributed by atoms with E-state index in [1.807, 2.05) is 18.2 Å². The highest BCUT2D eigenvalue weighted by Gasteiger charge is 2.10. The predicted octanol–water partition coefficient (Wildman–Crippen LogP) is 2.41. The molecule has 1 heterocycles. The molecule has 1 aromatic carbocycles. The molecule has 2 rings (SSSR count). The van der Waals surface area contributed by atoms with Crippen LogP contribution in [0.3, 0.4) is 0 Å². The Kier molecular flexibility index (Phi) is 2.97. The zero-order valence-electron chi connectivity index (χ0n) is 10.7. The quantitative estimate of drug-likeness (QED) is 0.804. The minimum atomic E-state index is 0.439. The lowest BCUT2D eigenvalue weighted by atomic mass is 10.2. The Hall–Kier alpha value is -1.70. The van der Waals surface area contributed by atoms with Crippen LogP contribution in [0.4, 0.5) is 5.69 Å². The van der Waals surface area contributed by atoms with Crippen LogP contribution in [-0.2, 0) is 0 Å². The first kappa shape index (κ1) is 11.8. The highest BCUT2D eigenvalue weighted by Crippen LogP contribution is 2.15. The smallest absolute Gasteiger partial charge is 0.0421 e. The lowest BCUT2D eigenvalue weighted by molar-refractivity contribution is 0.486. The molecule has 0 saturated carbocycles. The number of fused-ring (bicyclic) bond motifs is 1. The van der Waals surface area contributed by atoms with Crippen molar-refractivity contribution in [2.24, 2.45) is 0 Å². The van der Waals surface area contributed by atoms with Crippen LogP contribution in [0.15, 0.2) is 18.2 Å². The third-order valence-corrected chi connectivity index (χ3v) is 3.39. The first-order valence-corrected chi connectivity index (χ1v) is 6.13. The summed E-state index contributed by atoms with van der Waals surface area (Å²) in [6.45, 7) is 12.8. The molecule has 1 atom stereocenters. The Morgan fingerprint density at radius 3 is 2.53 bits per heavy atom. The van der Waals surface area contributed by atoms with E-state index in [4.69, 9.17) is 5.73 Å². The fourth-order valence-electron chi connectivity index (χ4n) is 2.55. The van der Waals surface area contributed by atoms with Crippen LogP contribution in [0, 0.1) is 0 Å². The number of nitrogens with zero attached hydrogens (tertiary/aromatic N) is 1. The van der Waals surface area contributed by atoms with E-state index in [0.29, 0.717) is 6.04 Å². The van der Waals surface area contributed by atoms with Gasteiger partial charge in [-0.05, 0) is 25.5 Å². The monoisotopic (exact) mass is 228 g/mol. The minimum absolute atomic E-state index is 0.439. The fourth-order valence-corrected chi connectivity index (χ4v) is 2.55. The van der Waals surface area contributed by atoms with Gasteiger partial charge in [0.2, 0.25) is 0 Å². The van der Waals surface area contributed by atoms with Crippen LogP contribution in [0.25, 0.3) is 23.9 Å². The standard InChI is InChI=1S/C15H20N2/c1-5-6-10(2)17-11(3)14-8-7-13(16)9-15(14)12(17)4/h7-10H,3-6,16H2,1-2H3. The van der Waals surface area contributed by atoms with Gasteiger partial charge in [-0.3, -0.25) is 0 Å². The largest absolute Gasteiger partial charge is 0.399 e. The molecule has 0 fully saturated rings. The van der Waals surface area contributed by atoms with E-state index in [-0.39, 0.29) is 0 Å². The summed E-state index contributed by atoms with van der Waals surface area (Å²) >= 11 is 0. The zero-order valence-corrected chi connectivity index (χ0v) is 10.7. The lowest BCUT2D eigenvalue weighted by Gasteiger charge is -2.13. The maximum absolute atomic E-state index is 5.83. The summed E-state index contributed by atoms with van der Waals surface area (Å²) in [5.41, 5.74) is 6.61. The number of anilines is 1. The van der Waals surface area contributed by atoms with Crippen molar-refractivity contribution in [1.29, 1.82) is 0 Å². The molecule has 1 aromatic heterocycles. The summed E-state index contributed by atoms with van der Waals surface area (Å²) in [6, 6.07) is 6.39. The van der Waals surface area contributed by atoms with Gasteiger partial charge in [-0.15, -0.1) is 0 Å². The maximum Gasteiger partial charge on any atom is 0.0421 e. The average Bonchev–Trinajstić information content (AvgIpc) is 2.52. The summed E-state index contributed by atoms with van der Waals surface area (Å²) in [5, 5.41) is 4.36. The van der Waals surface area contributed by atoms with Gasteiger partial charge in [-0.2, -0.15) is 0 Å². The first-order chi connectivity index (χ1) is 8.06. The molecule has 2 N–H and O–H groups in total. The Balaban J connectivity index is 2.73. The molecule has 0 radical (unpaired) electrons. The van der Waals surface area contributed by atoms with E-state index in [2.05, 4.69) is 31.6 Å². The summed E-state index contributed by atoms with van der Waals surface area (Å²) in [4.78, 5) is 0. The van der Waals surface area contributed by atoms with Crippen LogP contribution >= 0.6 is 0 Å². The van der Waals surface area contributed by atoms with Crippen molar-refractivity contribution in [1.82, 2.24) is 4.57 Å². The second kappa shape index (κ2) is 4.28. The number of nitrogens with two attached hydrogens (primary N) is 1. The van der Waals surface area contributed by atoms with Crippen LogP contribution in [0.2, 0.25) is 0 Å². The second-order valence-corrected chi connectivity index (χ2v) is 4.71. The highest BCUT2D eigenvalue weighted by atomic mass is 15.0. The normalized spacial score (nSPS) is 13.1. The van der Waals surface area contributed by atoms with Gasteiger partial charge in [-0.1, -0.05) is 32.6 Å². The molecule has 0 aliphatic carbocycles. The second-order valence-electron chi connectivity index (χ2n) is 4.71. The number of rotatable bonds is 3. The van der Waals surface area contributed by atoms with Gasteiger partial charge in [0.15, 0.2) is 0 Å². The Labute approximate surface area is 102 Å². The lowest BCUT2D eigenvalue weighted by Crippen LogP contribution is -2.28. The number of nitrogen functional groups attached to an aromatic ring is 1. The van der Waals surface area contributed by atoms with Gasteiger partial charge in [0.25, 0.3) is 0 Å². The molecule has 1 unspecified atom stereocenters. The van der Waals surface area contributed by atoms with Crippen molar-refractivity contribution in [2.75, 3.05) is 5.73 Å². The fraction of sp³-hybridized carbons (Fsp3) is 0.333. The molecule has 17 heavy (non-hydrogen) atoms.